The van der Waals surface area contributed by atoms with Gasteiger partial charge in [0, 0.05) is 6.07 Å². The minimum Gasteiger partial charge on any atom is -0.497 e. The Morgan fingerprint density at radius 1 is 1.14 bits per heavy atom. The largest absolute Gasteiger partial charge is 0.497 e. The molecule has 0 bridgehead atoms. The monoisotopic (exact) mass is 386 g/mol. The van der Waals surface area contributed by atoms with Gasteiger partial charge in [-0.25, -0.2) is 4.79 Å². The van der Waals surface area contributed by atoms with Crippen molar-refractivity contribution in [3.63, 3.8) is 0 Å². The van der Waals surface area contributed by atoms with E-state index in [9.17, 15) is 4.79 Å². The number of fused-ring (bicyclic) bond motifs is 1. The van der Waals surface area contributed by atoms with Crippen molar-refractivity contribution in [3.8, 4) is 17.2 Å². The maximum absolute atomic E-state index is 12.5. The van der Waals surface area contributed by atoms with Crippen molar-refractivity contribution in [3.05, 3.63) is 51.9 Å². The molecule has 0 spiro atoms. The zero-order valence-corrected chi connectivity index (χ0v) is 17.6. The molecular formula is C23H30O5. The van der Waals surface area contributed by atoms with E-state index in [1.54, 1.807) is 19.2 Å². The molecule has 0 saturated heterocycles. The summed E-state index contributed by atoms with van der Waals surface area (Å²) in [6.45, 7) is 10.3. The molecule has 152 valence electrons. The minimum atomic E-state index is -0.563. The number of ether oxygens (including phenoxy) is 3. The van der Waals surface area contributed by atoms with Gasteiger partial charge in [-0.2, -0.15) is 0 Å². The van der Waals surface area contributed by atoms with Crippen LogP contribution < -0.4 is 19.8 Å². The van der Waals surface area contributed by atoms with Gasteiger partial charge in [-0.05, 0) is 65.7 Å². The predicted molar refractivity (Wildman–Crippen MR) is 113 cm³/mol. The summed E-state index contributed by atoms with van der Waals surface area (Å²) < 4.78 is 22.3. The lowest BCUT2D eigenvalue weighted by Gasteiger charge is -2.16. The van der Waals surface area contributed by atoms with E-state index < -0.39 is 5.63 Å². The van der Waals surface area contributed by atoms with Gasteiger partial charge in [0.05, 0.1) is 18.6 Å². The molecule has 0 N–H and O–H groups in total. The van der Waals surface area contributed by atoms with Gasteiger partial charge in [-0.1, -0.05) is 17.2 Å². The molecule has 5 heteroatoms. The maximum atomic E-state index is 12.5. The van der Waals surface area contributed by atoms with Crippen molar-refractivity contribution in [2.24, 2.45) is 0 Å². The van der Waals surface area contributed by atoms with Gasteiger partial charge in [-0.15, -0.1) is 0 Å². The van der Waals surface area contributed by atoms with Gasteiger partial charge in [0.15, 0.2) is 5.75 Å². The third-order valence-corrected chi connectivity index (χ3v) is 4.13. The third kappa shape index (κ3) is 5.91. The molecule has 0 fully saturated rings. The van der Waals surface area contributed by atoms with E-state index in [4.69, 9.17) is 18.6 Å². The van der Waals surface area contributed by atoms with E-state index in [0.717, 1.165) is 12.8 Å². The second kappa shape index (κ2) is 10.0. The predicted octanol–water partition coefficient (Wildman–Crippen LogP) is 5.66. The SMILES string of the molecule is COc1ccc2c(OC(C)C)c(OC/C=C(\C)CCC=C(C)C)c(=O)oc2c1. The normalized spacial score (nSPS) is 11.6. The van der Waals surface area contributed by atoms with Crippen LogP contribution in [0.15, 0.2) is 50.7 Å². The fraction of sp³-hybridized carbons (Fsp3) is 0.435. The van der Waals surface area contributed by atoms with Crippen LogP contribution in [0.4, 0.5) is 0 Å². The highest BCUT2D eigenvalue weighted by Crippen LogP contribution is 2.35. The molecule has 1 aromatic heterocycles. The lowest BCUT2D eigenvalue weighted by molar-refractivity contribution is 0.224. The highest BCUT2D eigenvalue weighted by molar-refractivity contribution is 5.86. The van der Waals surface area contributed by atoms with Crippen LogP contribution in [0.25, 0.3) is 11.0 Å². The van der Waals surface area contributed by atoms with Gasteiger partial charge < -0.3 is 18.6 Å². The Balaban J connectivity index is 2.28. The van der Waals surface area contributed by atoms with E-state index >= 15 is 0 Å². The Morgan fingerprint density at radius 3 is 2.54 bits per heavy atom. The van der Waals surface area contributed by atoms with Crippen LogP contribution in [0.1, 0.15) is 47.5 Å². The number of hydrogen-bond donors (Lipinski definition) is 0. The molecule has 0 amide bonds. The molecule has 5 nitrogen and oxygen atoms in total. The summed E-state index contributed by atoms with van der Waals surface area (Å²) in [6.07, 6.45) is 6.02. The molecule has 0 atom stereocenters. The fourth-order valence-electron chi connectivity index (χ4n) is 2.70. The van der Waals surface area contributed by atoms with Gasteiger partial charge >= 0.3 is 5.63 Å². The molecule has 28 heavy (non-hydrogen) atoms. The van der Waals surface area contributed by atoms with Gasteiger partial charge in [0.1, 0.15) is 17.9 Å². The summed E-state index contributed by atoms with van der Waals surface area (Å²) in [6, 6.07) is 5.27. The van der Waals surface area contributed by atoms with E-state index in [-0.39, 0.29) is 18.5 Å². The summed E-state index contributed by atoms with van der Waals surface area (Å²) in [5, 5.41) is 0.674. The first-order valence-electron chi connectivity index (χ1n) is 9.55. The number of methoxy groups -OCH3 is 1. The molecule has 0 aliphatic rings. The summed E-state index contributed by atoms with van der Waals surface area (Å²) >= 11 is 0. The van der Waals surface area contributed by atoms with Gasteiger partial charge in [0.25, 0.3) is 0 Å². The molecular weight excluding hydrogens is 356 g/mol. The Labute approximate surface area is 166 Å². The molecule has 0 aliphatic heterocycles. The summed E-state index contributed by atoms with van der Waals surface area (Å²) in [5.41, 5.74) is 2.36. The number of benzene rings is 1. The van der Waals surface area contributed by atoms with Crippen LogP contribution >= 0.6 is 0 Å². The second-order valence-corrected chi connectivity index (χ2v) is 7.26. The smallest absolute Gasteiger partial charge is 0.383 e. The summed E-state index contributed by atoms with van der Waals surface area (Å²) in [4.78, 5) is 12.5. The van der Waals surface area contributed by atoms with E-state index in [1.807, 2.05) is 26.0 Å². The van der Waals surface area contributed by atoms with Crippen molar-refractivity contribution < 1.29 is 18.6 Å². The van der Waals surface area contributed by atoms with Crippen molar-refractivity contribution in [2.75, 3.05) is 13.7 Å². The summed E-state index contributed by atoms with van der Waals surface area (Å²) in [5.74, 6) is 1.11. The van der Waals surface area contributed by atoms with Crippen molar-refractivity contribution in [1.82, 2.24) is 0 Å². The zero-order valence-electron chi connectivity index (χ0n) is 17.6. The maximum Gasteiger partial charge on any atom is 0.383 e. The summed E-state index contributed by atoms with van der Waals surface area (Å²) in [7, 11) is 1.56. The molecule has 1 heterocycles. The Kier molecular flexibility index (Phi) is 7.73. The molecule has 0 radical (unpaired) electrons. The Hall–Kier alpha value is -2.69. The molecule has 1 aromatic carbocycles. The van der Waals surface area contributed by atoms with E-state index in [1.165, 1.54) is 11.1 Å². The first-order valence-corrected chi connectivity index (χ1v) is 9.55. The average Bonchev–Trinajstić information content (AvgIpc) is 2.62. The third-order valence-electron chi connectivity index (χ3n) is 4.13. The van der Waals surface area contributed by atoms with Crippen LogP contribution in [0, 0.1) is 0 Å². The molecule has 2 rings (SSSR count). The van der Waals surface area contributed by atoms with Crippen LogP contribution in [-0.4, -0.2) is 19.8 Å². The first kappa shape index (κ1) is 21.6. The van der Waals surface area contributed by atoms with Gasteiger partial charge in [0.2, 0.25) is 5.75 Å². The standard InChI is InChI=1S/C23H30O5/c1-15(2)8-7-9-17(5)12-13-26-22-21(27-16(3)4)19-11-10-18(25-6)14-20(19)28-23(22)24/h8,10-12,14,16H,7,9,13H2,1-6H3/b17-12+. The molecule has 0 saturated carbocycles. The van der Waals surface area contributed by atoms with Crippen LogP contribution in [-0.2, 0) is 0 Å². The van der Waals surface area contributed by atoms with Crippen molar-refractivity contribution >= 4 is 11.0 Å². The van der Waals surface area contributed by atoms with Crippen molar-refractivity contribution in [2.45, 2.75) is 53.6 Å². The van der Waals surface area contributed by atoms with E-state index in [0.29, 0.717) is 22.5 Å². The Bertz CT molecular complexity index is 914. The number of allylic oxidation sites excluding steroid dienone is 3. The quantitative estimate of drug-likeness (QED) is 0.411. The number of rotatable bonds is 9. The molecule has 0 aliphatic carbocycles. The minimum absolute atomic E-state index is 0.0970. The molecule has 2 aromatic rings. The average molecular weight is 386 g/mol. The molecule has 0 unspecified atom stereocenters. The lowest BCUT2D eigenvalue weighted by atomic mass is 10.1. The van der Waals surface area contributed by atoms with Crippen LogP contribution in [0.3, 0.4) is 0 Å². The van der Waals surface area contributed by atoms with Gasteiger partial charge in [-0.3, -0.25) is 0 Å². The highest BCUT2D eigenvalue weighted by Gasteiger charge is 2.19. The fourth-order valence-corrected chi connectivity index (χ4v) is 2.70. The lowest BCUT2D eigenvalue weighted by Crippen LogP contribution is -2.14. The first-order chi connectivity index (χ1) is 13.3. The van der Waals surface area contributed by atoms with Crippen molar-refractivity contribution in [1.29, 1.82) is 0 Å². The van der Waals surface area contributed by atoms with Crippen LogP contribution in [0.5, 0.6) is 17.2 Å². The van der Waals surface area contributed by atoms with E-state index in [2.05, 4.69) is 26.8 Å². The highest BCUT2D eigenvalue weighted by atomic mass is 16.5. The topological polar surface area (TPSA) is 57.9 Å². The Morgan fingerprint density at radius 2 is 1.89 bits per heavy atom. The van der Waals surface area contributed by atoms with Crippen LogP contribution in [0.2, 0.25) is 0 Å². The number of hydrogen-bond acceptors (Lipinski definition) is 5. The second-order valence-electron chi connectivity index (χ2n) is 7.26. The zero-order chi connectivity index (χ0) is 20.7.